The second-order valence-electron chi connectivity index (χ2n) is 7.22. The fraction of sp³-hybridized carbons (Fsp3) is 0.444. The summed E-state index contributed by atoms with van der Waals surface area (Å²) in [6.45, 7) is 5.09. The lowest BCUT2D eigenvalue weighted by molar-refractivity contribution is 0.0910. The van der Waals surface area contributed by atoms with Crippen LogP contribution in [0.25, 0.3) is 0 Å². The van der Waals surface area contributed by atoms with Crippen molar-refractivity contribution >= 4 is 11.7 Å². The minimum Gasteiger partial charge on any atom is -0.352 e. The maximum absolute atomic E-state index is 12.3. The number of aromatic amines is 1. The molecule has 0 saturated heterocycles. The first-order valence-electron chi connectivity index (χ1n) is 8.41. The summed E-state index contributed by atoms with van der Waals surface area (Å²) in [5.41, 5.74) is 0.449. The summed E-state index contributed by atoms with van der Waals surface area (Å²) >= 11 is 0. The molecule has 2 heterocycles. The molecular formula is C18H22N4O3. The Morgan fingerprint density at radius 1 is 1.36 bits per heavy atom. The molecule has 0 aliphatic heterocycles. The summed E-state index contributed by atoms with van der Waals surface area (Å²) < 4.78 is 1.78. The Balaban J connectivity index is 1.68. The lowest BCUT2D eigenvalue weighted by Crippen LogP contribution is -2.35. The number of nitrogens with zero attached hydrogens (tertiary/aromatic N) is 2. The van der Waals surface area contributed by atoms with Gasteiger partial charge in [-0.25, -0.2) is 0 Å². The molecule has 0 fully saturated rings. The van der Waals surface area contributed by atoms with Crippen LogP contribution in [0.1, 0.15) is 53.1 Å². The molecule has 0 bridgehead atoms. The molecule has 1 amide bonds. The standard InChI is InChI=1S/C18H22N4O3/c1-18(2)10-14-12(15(23)11-18)9-13(17(25)21-14)16(24)19-5-3-7-22-8-4-6-20-22/h4,6,8-9H,3,5,7,10-11H2,1-2H3,(H,19,24)(H,21,25). The predicted octanol–water partition coefficient (Wildman–Crippen LogP) is 1.55. The molecule has 0 atom stereocenters. The average Bonchev–Trinajstić information content (AvgIpc) is 3.03. The Labute approximate surface area is 145 Å². The van der Waals surface area contributed by atoms with Crippen molar-refractivity contribution in [3.8, 4) is 0 Å². The Morgan fingerprint density at radius 3 is 2.88 bits per heavy atom. The molecule has 0 radical (unpaired) electrons. The number of nitrogens with one attached hydrogen (secondary N) is 2. The zero-order valence-corrected chi connectivity index (χ0v) is 14.5. The van der Waals surface area contributed by atoms with Crippen molar-refractivity contribution in [1.82, 2.24) is 20.1 Å². The van der Waals surface area contributed by atoms with Crippen molar-refractivity contribution in [3.05, 3.63) is 51.7 Å². The van der Waals surface area contributed by atoms with Crippen LogP contribution in [0.5, 0.6) is 0 Å². The Morgan fingerprint density at radius 2 is 2.16 bits per heavy atom. The van der Waals surface area contributed by atoms with Gasteiger partial charge in [0.25, 0.3) is 11.5 Å². The average molecular weight is 342 g/mol. The molecular weight excluding hydrogens is 320 g/mol. The van der Waals surface area contributed by atoms with Crippen molar-refractivity contribution in [2.75, 3.05) is 6.54 Å². The highest BCUT2D eigenvalue weighted by Crippen LogP contribution is 2.33. The SMILES string of the molecule is CC1(C)CC(=O)c2cc(C(=O)NCCCn3cccn3)c(=O)[nH]c2C1. The topological polar surface area (TPSA) is 96.8 Å². The van der Waals surface area contributed by atoms with Gasteiger partial charge in [0, 0.05) is 43.2 Å². The lowest BCUT2D eigenvalue weighted by atomic mass is 9.75. The summed E-state index contributed by atoms with van der Waals surface area (Å²) in [6.07, 6.45) is 5.28. The molecule has 7 nitrogen and oxygen atoms in total. The molecule has 2 N–H and O–H groups in total. The fourth-order valence-electron chi connectivity index (χ4n) is 3.17. The zero-order chi connectivity index (χ0) is 18.0. The van der Waals surface area contributed by atoms with Gasteiger partial charge in [0.1, 0.15) is 5.56 Å². The van der Waals surface area contributed by atoms with E-state index < -0.39 is 11.5 Å². The smallest absolute Gasteiger partial charge is 0.261 e. The Hall–Kier alpha value is -2.70. The van der Waals surface area contributed by atoms with Crippen LogP contribution >= 0.6 is 0 Å². The number of aromatic nitrogens is 3. The fourth-order valence-corrected chi connectivity index (χ4v) is 3.17. The number of carbonyl (C=O) groups is 2. The first-order valence-corrected chi connectivity index (χ1v) is 8.41. The second-order valence-corrected chi connectivity index (χ2v) is 7.22. The van der Waals surface area contributed by atoms with Crippen LogP contribution in [-0.2, 0) is 13.0 Å². The van der Waals surface area contributed by atoms with Gasteiger partial charge in [-0.1, -0.05) is 13.8 Å². The predicted molar refractivity (Wildman–Crippen MR) is 92.7 cm³/mol. The van der Waals surface area contributed by atoms with E-state index in [2.05, 4.69) is 15.4 Å². The number of amides is 1. The number of hydrogen-bond donors (Lipinski definition) is 2. The van der Waals surface area contributed by atoms with E-state index in [0.29, 0.717) is 43.6 Å². The number of aryl methyl sites for hydroxylation is 1. The number of rotatable bonds is 5. The summed E-state index contributed by atoms with van der Waals surface area (Å²) in [7, 11) is 0. The maximum Gasteiger partial charge on any atom is 0.261 e. The third-order valence-corrected chi connectivity index (χ3v) is 4.37. The van der Waals surface area contributed by atoms with E-state index in [1.807, 2.05) is 26.1 Å². The summed E-state index contributed by atoms with van der Waals surface area (Å²) in [5, 5.41) is 6.81. The maximum atomic E-state index is 12.3. The van der Waals surface area contributed by atoms with Crippen LogP contribution in [0.15, 0.2) is 29.3 Å². The normalized spacial score (nSPS) is 15.7. The Kier molecular flexibility index (Phi) is 4.57. The van der Waals surface area contributed by atoms with E-state index >= 15 is 0 Å². The molecule has 1 aliphatic carbocycles. The van der Waals surface area contributed by atoms with E-state index in [9.17, 15) is 14.4 Å². The molecule has 0 unspecified atom stereocenters. The van der Waals surface area contributed by atoms with Crippen molar-refractivity contribution in [2.24, 2.45) is 5.41 Å². The molecule has 2 aromatic rings. The number of H-pyrrole nitrogens is 1. The minimum atomic E-state index is -0.456. The number of carbonyl (C=O) groups excluding carboxylic acids is 2. The lowest BCUT2D eigenvalue weighted by Gasteiger charge is -2.29. The molecule has 132 valence electrons. The third-order valence-electron chi connectivity index (χ3n) is 4.37. The summed E-state index contributed by atoms with van der Waals surface area (Å²) in [4.78, 5) is 39.6. The van der Waals surface area contributed by atoms with Crippen molar-refractivity contribution in [3.63, 3.8) is 0 Å². The first-order chi connectivity index (χ1) is 11.9. The van der Waals surface area contributed by atoms with Gasteiger partial charge >= 0.3 is 0 Å². The molecule has 0 spiro atoms. The number of hydrogen-bond acceptors (Lipinski definition) is 4. The molecule has 2 aromatic heterocycles. The largest absolute Gasteiger partial charge is 0.352 e. The van der Waals surface area contributed by atoms with Crippen LogP contribution in [0.2, 0.25) is 0 Å². The molecule has 0 saturated carbocycles. The van der Waals surface area contributed by atoms with Gasteiger partial charge < -0.3 is 10.3 Å². The van der Waals surface area contributed by atoms with Crippen LogP contribution in [0, 0.1) is 5.41 Å². The van der Waals surface area contributed by atoms with Gasteiger partial charge in [0.2, 0.25) is 0 Å². The van der Waals surface area contributed by atoms with E-state index in [1.54, 1.807) is 10.9 Å². The van der Waals surface area contributed by atoms with E-state index in [-0.39, 0.29) is 16.8 Å². The van der Waals surface area contributed by atoms with Crippen molar-refractivity contribution in [2.45, 2.75) is 39.7 Å². The van der Waals surface area contributed by atoms with E-state index in [1.165, 1.54) is 6.07 Å². The summed E-state index contributed by atoms with van der Waals surface area (Å²) in [5.74, 6) is -0.489. The monoisotopic (exact) mass is 342 g/mol. The highest BCUT2D eigenvalue weighted by Gasteiger charge is 2.32. The summed E-state index contributed by atoms with van der Waals surface area (Å²) in [6, 6.07) is 3.28. The second kappa shape index (κ2) is 6.66. The van der Waals surface area contributed by atoms with E-state index in [0.717, 1.165) is 0 Å². The van der Waals surface area contributed by atoms with E-state index in [4.69, 9.17) is 0 Å². The third kappa shape index (κ3) is 3.87. The van der Waals surface area contributed by atoms with Crippen LogP contribution in [0.3, 0.4) is 0 Å². The molecule has 7 heteroatoms. The number of pyridine rings is 1. The van der Waals surface area contributed by atoms with Gasteiger partial charge in [-0.3, -0.25) is 19.1 Å². The quantitative estimate of drug-likeness (QED) is 0.806. The van der Waals surface area contributed by atoms with Gasteiger partial charge in [-0.15, -0.1) is 0 Å². The van der Waals surface area contributed by atoms with Crippen LogP contribution < -0.4 is 10.9 Å². The molecule has 0 aromatic carbocycles. The van der Waals surface area contributed by atoms with Crippen molar-refractivity contribution < 1.29 is 9.59 Å². The number of fused-ring (bicyclic) bond motifs is 1. The Bertz CT molecular complexity index is 850. The minimum absolute atomic E-state index is 0.00843. The molecule has 3 rings (SSSR count). The molecule has 1 aliphatic rings. The van der Waals surface area contributed by atoms with Gasteiger partial charge in [0.05, 0.1) is 0 Å². The van der Waals surface area contributed by atoms with Gasteiger partial charge in [-0.2, -0.15) is 5.10 Å². The first kappa shape index (κ1) is 17.1. The van der Waals surface area contributed by atoms with Crippen LogP contribution in [-0.4, -0.2) is 33.0 Å². The number of ketones is 1. The van der Waals surface area contributed by atoms with Crippen molar-refractivity contribution in [1.29, 1.82) is 0 Å². The van der Waals surface area contributed by atoms with Gasteiger partial charge in [-0.05, 0) is 30.4 Å². The van der Waals surface area contributed by atoms with Crippen LogP contribution in [0.4, 0.5) is 0 Å². The van der Waals surface area contributed by atoms with Gasteiger partial charge in [0.15, 0.2) is 5.78 Å². The highest BCUT2D eigenvalue weighted by atomic mass is 16.2. The molecule has 25 heavy (non-hydrogen) atoms. The zero-order valence-electron chi connectivity index (χ0n) is 14.5. The highest BCUT2D eigenvalue weighted by molar-refractivity contribution is 6.02. The number of Topliss-reactive ketones (excluding diaryl/α,β-unsaturated/α-hetero) is 1.